The molecule has 1 amide bonds. The van der Waals surface area contributed by atoms with Crippen LogP contribution in [0, 0.1) is 0 Å². The maximum Gasteiger partial charge on any atom is 0.257 e. The highest BCUT2D eigenvalue weighted by Gasteiger charge is 2.24. The lowest BCUT2D eigenvalue weighted by Crippen LogP contribution is -2.40. The topological polar surface area (TPSA) is 57.2 Å². The fraction of sp³-hybridized carbons (Fsp3) is 0.533. The first kappa shape index (κ1) is 14.0. The van der Waals surface area contributed by atoms with Crippen LogP contribution in [0.4, 0.5) is 0 Å². The van der Waals surface area contributed by atoms with Gasteiger partial charge >= 0.3 is 0 Å². The number of carbonyl (C=O) groups is 1. The monoisotopic (exact) mass is 293 g/mol. The number of rotatable bonds is 2. The number of hydrogen-bond acceptors (Lipinski definition) is 5. The summed E-state index contributed by atoms with van der Waals surface area (Å²) in [7, 11) is 1.55. The van der Waals surface area contributed by atoms with Crippen molar-refractivity contribution in [3.05, 3.63) is 17.7 Å². The molecule has 6 nitrogen and oxygen atoms in total. The second-order valence-corrected chi connectivity index (χ2v) is 4.95. The normalized spacial score (nSPS) is 18.0. The predicted octanol–water partition coefficient (Wildman–Crippen LogP) is 1.33. The molecule has 6 heteroatoms. The van der Waals surface area contributed by atoms with Gasteiger partial charge in [0.15, 0.2) is 11.5 Å². The van der Waals surface area contributed by atoms with E-state index in [2.05, 4.69) is 0 Å². The van der Waals surface area contributed by atoms with Crippen molar-refractivity contribution in [2.75, 3.05) is 46.6 Å². The second kappa shape index (κ2) is 6.22. The Morgan fingerprint density at radius 3 is 2.43 bits per heavy atom. The van der Waals surface area contributed by atoms with Gasteiger partial charge in [-0.2, -0.15) is 0 Å². The molecule has 0 saturated carbocycles. The minimum Gasteiger partial charge on any atom is -0.496 e. The number of nitrogens with zero attached hydrogens (tertiary/aromatic N) is 1. The van der Waals surface area contributed by atoms with Crippen LogP contribution in [0.5, 0.6) is 17.2 Å². The zero-order chi connectivity index (χ0) is 14.7. The first-order valence-electron chi connectivity index (χ1n) is 7.14. The quantitative estimate of drug-likeness (QED) is 0.823. The van der Waals surface area contributed by atoms with Gasteiger partial charge in [-0.05, 0) is 0 Å². The molecule has 2 heterocycles. The molecule has 3 rings (SSSR count). The molecule has 2 aliphatic rings. The summed E-state index contributed by atoms with van der Waals surface area (Å²) >= 11 is 0. The van der Waals surface area contributed by atoms with Gasteiger partial charge < -0.3 is 23.8 Å². The molecule has 0 N–H and O–H groups in total. The molecule has 21 heavy (non-hydrogen) atoms. The summed E-state index contributed by atoms with van der Waals surface area (Å²) in [6.07, 6.45) is 0.823. The molecule has 0 radical (unpaired) electrons. The zero-order valence-electron chi connectivity index (χ0n) is 12.1. The minimum atomic E-state index is -0.0641. The van der Waals surface area contributed by atoms with Gasteiger partial charge in [-0.25, -0.2) is 0 Å². The molecule has 0 bridgehead atoms. The van der Waals surface area contributed by atoms with E-state index in [0.717, 1.165) is 6.42 Å². The highest BCUT2D eigenvalue weighted by Crippen LogP contribution is 2.37. The summed E-state index contributed by atoms with van der Waals surface area (Å²) in [6, 6.07) is 3.45. The third kappa shape index (κ3) is 2.90. The number of amides is 1. The van der Waals surface area contributed by atoms with Crippen LogP contribution < -0.4 is 14.2 Å². The summed E-state index contributed by atoms with van der Waals surface area (Å²) in [5, 5.41) is 0. The van der Waals surface area contributed by atoms with E-state index >= 15 is 0 Å². The fourth-order valence-electron chi connectivity index (χ4n) is 2.46. The number of hydrogen-bond donors (Lipinski definition) is 0. The average molecular weight is 293 g/mol. The third-order valence-electron chi connectivity index (χ3n) is 3.60. The highest BCUT2D eigenvalue weighted by molar-refractivity contribution is 5.98. The number of morpholine rings is 1. The first-order chi connectivity index (χ1) is 10.3. The molecule has 0 aromatic heterocycles. The Labute approximate surface area is 123 Å². The fourth-order valence-corrected chi connectivity index (χ4v) is 2.46. The number of methoxy groups -OCH3 is 1. The van der Waals surface area contributed by atoms with E-state index < -0.39 is 0 Å². The molecule has 1 fully saturated rings. The Kier molecular flexibility index (Phi) is 4.15. The van der Waals surface area contributed by atoms with Crippen molar-refractivity contribution < 1.29 is 23.7 Å². The molecule has 114 valence electrons. The van der Waals surface area contributed by atoms with E-state index in [9.17, 15) is 4.79 Å². The standard InChI is InChI=1S/C15H19NO5/c1-18-12-10-14-13(20-5-2-6-21-14)9-11(12)15(17)16-3-7-19-8-4-16/h9-10H,2-8H2,1H3. The van der Waals surface area contributed by atoms with Crippen molar-refractivity contribution in [2.24, 2.45) is 0 Å². The number of fused-ring (bicyclic) bond motifs is 1. The molecule has 0 unspecified atom stereocenters. The molecule has 0 atom stereocenters. The minimum absolute atomic E-state index is 0.0641. The van der Waals surface area contributed by atoms with Crippen molar-refractivity contribution in [3.8, 4) is 17.2 Å². The van der Waals surface area contributed by atoms with E-state index in [-0.39, 0.29) is 5.91 Å². The van der Waals surface area contributed by atoms with Crippen LogP contribution in [0.1, 0.15) is 16.8 Å². The van der Waals surface area contributed by atoms with Gasteiger partial charge in [0.05, 0.1) is 39.1 Å². The molecule has 1 saturated heterocycles. The van der Waals surface area contributed by atoms with Crippen molar-refractivity contribution in [2.45, 2.75) is 6.42 Å². The molecular formula is C15H19NO5. The van der Waals surface area contributed by atoms with Crippen LogP contribution in [0.3, 0.4) is 0 Å². The van der Waals surface area contributed by atoms with E-state index in [1.54, 1.807) is 24.1 Å². The van der Waals surface area contributed by atoms with Crippen LogP contribution >= 0.6 is 0 Å². The average Bonchev–Trinajstić information content (AvgIpc) is 2.78. The molecule has 2 aliphatic heterocycles. The van der Waals surface area contributed by atoms with E-state index in [1.165, 1.54) is 0 Å². The lowest BCUT2D eigenvalue weighted by atomic mass is 10.1. The van der Waals surface area contributed by atoms with Gasteiger partial charge in [0, 0.05) is 31.6 Å². The first-order valence-corrected chi connectivity index (χ1v) is 7.14. The van der Waals surface area contributed by atoms with Crippen molar-refractivity contribution >= 4 is 5.91 Å². The maximum atomic E-state index is 12.6. The van der Waals surface area contributed by atoms with Gasteiger partial charge in [0.25, 0.3) is 5.91 Å². The van der Waals surface area contributed by atoms with Gasteiger partial charge in [-0.1, -0.05) is 0 Å². The SMILES string of the molecule is COc1cc2c(cc1C(=O)N1CCOCC1)OCCCO2. The Hall–Kier alpha value is -1.95. The summed E-state index contributed by atoms with van der Waals surface area (Å²) in [6.45, 7) is 3.52. The molecule has 0 spiro atoms. The number of ether oxygens (including phenoxy) is 4. The van der Waals surface area contributed by atoms with E-state index in [4.69, 9.17) is 18.9 Å². The van der Waals surface area contributed by atoms with Crippen LogP contribution in [0.25, 0.3) is 0 Å². The molecular weight excluding hydrogens is 274 g/mol. The number of carbonyl (C=O) groups excluding carboxylic acids is 1. The Bertz CT molecular complexity index is 525. The highest BCUT2D eigenvalue weighted by atomic mass is 16.5. The van der Waals surface area contributed by atoms with Crippen molar-refractivity contribution in [3.63, 3.8) is 0 Å². The Balaban J connectivity index is 1.92. The smallest absolute Gasteiger partial charge is 0.257 e. The van der Waals surface area contributed by atoms with Gasteiger partial charge in [0.1, 0.15) is 5.75 Å². The van der Waals surface area contributed by atoms with Crippen LogP contribution in [0.15, 0.2) is 12.1 Å². The van der Waals surface area contributed by atoms with E-state index in [1.807, 2.05) is 0 Å². The predicted molar refractivity (Wildman–Crippen MR) is 75.3 cm³/mol. The Morgan fingerprint density at radius 1 is 1.10 bits per heavy atom. The van der Waals surface area contributed by atoms with Gasteiger partial charge in [-0.15, -0.1) is 0 Å². The summed E-state index contributed by atoms with van der Waals surface area (Å²) < 4.78 is 21.9. The largest absolute Gasteiger partial charge is 0.496 e. The van der Waals surface area contributed by atoms with Crippen LogP contribution in [-0.2, 0) is 4.74 Å². The maximum absolute atomic E-state index is 12.6. The second-order valence-electron chi connectivity index (χ2n) is 4.95. The van der Waals surface area contributed by atoms with Gasteiger partial charge in [0.2, 0.25) is 0 Å². The third-order valence-corrected chi connectivity index (χ3v) is 3.60. The zero-order valence-corrected chi connectivity index (χ0v) is 12.1. The van der Waals surface area contributed by atoms with E-state index in [0.29, 0.717) is 62.3 Å². The summed E-state index contributed by atoms with van der Waals surface area (Å²) in [5.41, 5.74) is 0.503. The number of benzene rings is 1. The molecule has 1 aromatic rings. The molecule has 1 aromatic carbocycles. The van der Waals surface area contributed by atoms with Crippen molar-refractivity contribution in [1.82, 2.24) is 4.90 Å². The van der Waals surface area contributed by atoms with Crippen LogP contribution in [0.2, 0.25) is 0 Å². The molecule has 0 aliphatic carbocycles. The summed E-state index contributed by atoms with van der Waals surface area (Å²) in [4.78, 5) is 14.4. The Morgan fingerprint density at radius 2 is 1.76 bits per heavy atom. The lowest BCUT2D eigenvalue weighted by molar-refractivity contribution is 0.0300. The lowest BCUT2D eigenvalue weighted by Gasteiger charge is -2.27. The summed E-state index contributed by atoms with van der Waals surface area (Å²) in [5.74, 6) is 1.68. The van der Waals surface area contributed by atoms with Gasteiger partial charge in [-0.3, -0.25) is 4.79 Å². The van der Waals surface area contributed by atoms with Crippen LogP contribution in [-0.4, -0.2) is 57.4 Å². The van der Waals surface area contributed by atoms with Crippen molar-refractivity contribution in [1.29, 1.82) is 0 Å².